The molecule has 0 radical (unpaired) electrons. The zero-order chi connectivity index (χ0) is 12.2. The zero-order valence-electron chi connectivity index (χ0n) is 10.1. The standard InChI is InChI=1S/C14H16N2OS/c1-2-11(9-15-12-4-5-12)8-14(3-1)18-10-13-6-7-16-17-13/h1-3,6-8,12,15H,4-5,9-10H2. The van der Waals surface area contributed by atoms with Gasteiger partial charge in [-0.1, -0.05) is 17.3 Å². The van der Waals surface area contributed by atoms with Crippen LogP contribution in [-0.4, -0.2) is 11.2 Å². The molecule has 2 aromatic rings. The average molecular weight is 260 g/mol. The minimum absolute atomic E-state index is 0.760. The Labute approximate surface area is 111 Å². The van der Waals surface area contributed by atoms with Crippen LogP contribution in [0.4, 0.5) is 0 Å². The number of rotatable bonds is 6. The summed E-state index contributed by atoms with van der Waals surface area (Å²) in [6.07, 6.45) is 4.35. The summed E-state index contributed by atoms with van der Waals surface area (Å²) in [5, 5.41) is 7.24. The molecular weight excluding hydrogens is 244 g/mol. The van der Waals surface area contributed by atoms with E-state index in [4.69, 9.17) is 4.52 Å². The van der Waals surface area contributed by atoms with E-state index in [9.17, 15) is 0 Å². The Bertz CT molecular complexity index is 494. The summed E-state index contributed by atoms with van der Waals surface area (Å²) in [7, 11) is 0. The molecule has 1 saturated carbocycles. The second-order valence-corrected chi connectivity index (χ2v) is 5.62. The largest absolute Gasteiger partial charge is 0.361 e. The van der Waals surface area contributed by atoms with Crippen molar-refractivity contribution >= 4 is 11.8 Å². The van der Waals surface area contributed by atoms with Gasteiger partial charge in [-0.25, -0.2) is 0 Å². The van der Waals surface area contributed by atoms with Gasteiger partial charge in [-0.15, -0.1) is 11.8 Å². The molecule has 1 aromatic heterocycles. The van der Waals surface area contributed by atoms with Gasteiger partial charge in [0.25, 0.3) is 0 Å². The first-order valence-corrected chi connectivity index (χ1v) is 7.23. The van der Waals surface area contributed by atoms with Crippen LogP contribution >= 0.6 is 11.8 Å². The first-order chi connectivity index (χ1) is 8.90. The monoisotopic (exact) mass is 260 g/mol. The van der Waals surface area contributed by atoms with Crippen molar-refractivity contribution in [1.82, 2.24) is 10.5 Å². The van der Waals surface area contributed by atoms with Crippen molar-refractivity contribution in [3.8, 4) is 0 Å². The third-order valence-corrected chi connectivity index (χ3v) is 3.96. The van der Waals surface area contributed by atoms with Crippen LogP contribution in [0.2, 0.25) is 0 Å². The molecule has 1 aromatic carbocycles. The molecule has 3 nitrogen and oxygen atoms in total. The van der Waals surface area contributed by atoms with Gasteiger partial charge in [0.1, 0.15) is 5.76 Å². The summed E-state index contributed by atoms with van der Waals surface area (Å²) in [5.74, 6) is 1.75. The van der Waals surface area contributed by atoms with Gasteiger partial charge in [-0.05, 0) is 30.5 Å². The third-order valence-electron chi connectivity index (χ3n) is 2.94. The lowest BCUT2D eigenvalue weighted by Crippen LogP contribution is -2.15. The van der Waals surface area contributed by atoms with Crippen molar-refractivity contribution in [2.45, 2.75) is 36.1 Å². The maximum absolute atomic E-state index is 5.09. The van der Waals surface area contributed by atoms with Gasteiger partial charge in [0.2, 0.25) is 0 Å². The molecule has 0 atom stereocenters. The Hall–Kier alpha value is -1.26. The van der Waals surface area contributed by atoms with E-state index >= 15 is 0 Å². The van der Waals surface area contributed by atoms with Gasteiger partial charge in [-0.3, -0.25) is 0 Å². The molecule has 1 N–H and O–H groups in total. The van der Waals surface area contributed by atoms with Crippen molar-refractivity contribution in [2.24, 2.45) is 0 Å². The molecule has 18 heavy (non-hydrogen) atoms. The fourth-order valence-corrected chi connectivity index (χ4v) is 2.63. The molecule has 3 rings (SSSR count). The lowest BCUT2D eigenvalue weighted by molar-refractivity contribution is 0.395. The molecule has 0 saturated heterocycles. The second-order valence-electron chi connectivity index (χ2n) is 4.57. The molecule has 1 aliphatic rings. The summed E-state index contributed by atoms with van der Waals surface area (Å²) in [6.45, 7) is 0.974. The van der Waals surface area contributed by atoms with Crippen molar-refractivity contribution < 1.29 is 4.52 Å². The van der Waals surface area contributed by atoms with Crippen molar-refractivity contribution in [3.05, 3.63) is 47.9 Å². The van der Waals surface area contributed by atoms with E-state index in [-0.39, 0.29) is 0 Å². The number of nitrogens with one attached hydrogen (secondary N) is 1. The van der Waals surface area contributed by atoms with Gasteiger partial charge in [0, 0.05) is 23.5 Å². The third kappa shape index (κ3) is 3.37. The number of hydrogen-bond donors (Lipinski definition) is 1. The Morgan fingerprint density at radius 3 is 3.06 bits per heavy atom. The molecule has 0 unspecified atom stereocenters. The topological polar surface area (TPSA) is 38.1 Å². The lowest BCUT2D eigenvalue weighted by atomic mass is 10.2. The highest BCUT2D eigenvalue weighted by atomic mass is 32.2. The predicted octanol–water partition coefficient (Wildman–Crippen LogP) is 3.22. The molecular formula is C14H16N2OS. The highest BCUT2D eigenvalue weighted by Crippen LogP contribution is 2.24. The summed E-state index contributed by atoms with van der Waals surface area (Å²) in [5.41, 5.74) is 1.35. The summed E-state index contributed by atoms with van der Waals surface area (Å²) >= 11 is 1.78. The van der Waals surface area contributed by atoms with Crippen LogP contribution in [0, 0.1) is 0 Å². The molecule has 94 valence electrons. The van der Waals surface area contributed by atoms with Crippen LogP contribution < -0.4 is 5.32 Å². The normalized spacial score (nSPS) is 14.9. The van der Waals surface area contributed by atoms with Crippen LogP contribution in [0.3, 0.4) is 0 Å². The predicted molar refractivity (Wildman–Crippen MR) is 72.4 cm³/mol. The maximum Gasteiger partial charge on any atom is 0.146 e. The average Bonchev–Trinajstić information content (AvgIpc) is 3.09. The first-order valence-electron chi connectivity index (χ1n) is 6.25. The van der Waals surface area contributed by atoms with Gasteiger partial charge in [-0.2, -0.15) is 0 Å². The van der Waals surface area contributed by atoms with E-state index < -0.39 is 0 Å². The van der Waals surface area contributed by atoms with Crippen molar-refractivity contribution in [3.63, 3.8) is 0 Å². The molecule has 0 aliphatic heterocycles. The van der Waals surface area contributed by atoms with Gasteiger partial charge < -0.3 is 9.84 Å². The number of nitrogens with zero attached hydrogens (tertiary/aromatic N) is 1. The highest BCUT2D eigenvalue weighted by molar-refractivity contribution is 7.98. The number of benzene rings is 1. The Balaban J connectivity index is 1.55. The molecule has 1 fully saturated rings. The summed E-state index contributed by atoms with van der Waals surface area (Å²) in [4.78, 5) is 1.28. The Morgan fingerprint density at radius 2 is 2.28 bits per heavy atom. The Kier molecular flexibility index (Phi) is 3.67. The SMILES string of the molecule is c1cc(CNC2CC2)cc(SCc2ccno2)c1. The minimum atomic E-state index is 0.760. The smallest absolute Gasteiger partial charge is 0.146 e. The Morgan fingerprint density at radius 1 is 1.33 bits per heavy atom. The number of thioether (sulfide) groups is 1. The molecule has 4 heteroatoms. The van der Waals surface area contributed by atoms with Crippen LogP contribution in [0.5, 0.6) is 0 Å². The van der Waals surface area contributed by atoms with Crippen molar-refractivity contribution in [1.29, 1.82) is 0 Å². The fraction of sp³-hybridized carbons (Fsp3) is 0.357. The van der Waals surface area contributed by atoms with E-state index in [0.29, 0.717) is 0 Å². The van der Waals surface area contributed by atoms with E-state index in [0.717, 1.165) is 24.1 Å². The number of aromatic nitrogens is 1. The van der Waals surface area contributed by atoms with E-state index in [2.05, 4.69) is 34.7 Å². The van der Waals surface area contributed by atoms with Crippen LogP contribution in [0.15, 0.2) is 45.9 Å². The van der Waals surface area contributed by atoms with Gasteiger partial charge >= 0.3 is 0 Å². The second kappa shape index (κ2) is 5.59. The fourth-order valence-electron chi connectivity index (χ4n) is 1.77. The van der Waals surface area contributed by atoms with E-state index in [1.165, 1.54) is 23.3 Å². The van der Waals surface area contributed by atoms with Gasteiger partial charge in [0.15, 0.2) is 0 Å². The van der Waals surface area contributed by atoms with Crippen LogP contribution in [0.1, 0.15) is 24.2 Å². The highest BCUT2D eigenvalue weighted by Gasteiger charge is 2.19. The first kappa shape index (κ1) is 11.8. The molecule has 0 amide bonds. The minimum Gasteiger partial charge on any atom is -0.361 e. The molecule has 1 aliphatic carbocycles. The van der Waals surface area contributed by atoms with Crippen LogP contribution in [-0.2, 0) is 12.3 Å². The van der Waals surface area contributed by atoms with Crippen LogP contribution in [0.25, 0.3) is 0 Å². The van der Waals surface area contributed by atoms with E-state index in [1.54, 1.807) is 18.0 Å². The molecule has 1 heterocycles. The molecule has 0 spiro atoms. The summed E-state index contributed by atoms with van der Waals surface area (Å²) < 4.78 is 5.09. The zero-order valence-corrected chi connectivity index (χ0v) is 11.0. The quantitative estimate of drug-likeness (QED) is 0.809. The van der Waals surface area contributed by atoms with E-state index in [1.807, 2.05) is 6.07 Å². The van der Waals surface area contributed by atoms with Gasteiger partial charge in [0.05, 0.1) is 11.9 Å². The summed E-state index contributed by atoms with van der Waals surface area (Å²) in [6, 6.07) is 11.3. The number of hydrogen-bond acceptors (Lipinski definition) is 4. The maximum atomic E-state index is 5.09. The van der Waals surface area contributed by atoms with Crippen molar-refractivity contribution in [2.75, 3.05) is 0 Å². The lowest BCUT2D eigenvalue weighted by Gasteiger charge is -2.05. The molecule has 0 bridgehead atoms.